The molecule has 1 N–H and O–H groups in total. The molecule has 0 saturated heterocycles. The minimum Gasteiger partial charge on any atom is -0.481 e. The fourth-order valence-electron chi connectivity index (χ4n) is 3.03. The summed E-state index contributed by atoms with van der Waals surface area (Å²) in [6.07, 6.45) is 6.17. The fourth-order valence-corrected chi connectivity index (χ4v) is 3.03. The van der Waals surface area contributed by atoms with Crippen molar-refractivity contribution in [1.82, 2.24) is 0 Å². The van der Waals surface area contributed by atoms with Gasteiger partial charge >= 0.3 is 5.97 Å². The molecule has 0 heterocycles. The summed E-state index contributed by atoms with van der Waals surface area (Å²) in [7, 11) is 0. The molecule has 3 rings (SSSR count). The number of carboxylic acid groups (broad SMARTS) is 1. The second kappa shape index (κ2) is 3.34. The first kappa shape index (κ1) is 9.88. The Bertz CT molecular complexity index is 444. The van der Waals surface area contributed by atoms with Crippen LogP contribution in [0.5, 0.6) is 0 Å². The van der Waals surface area contributed by atoms with Crippen LogP contribution in [0.15, 0.2) is 18.2 Å². The average Bonchev–Trinajstić information content (AvgIpc) is 2.62. The van der Waals surface area contributed by atoms with Gasteiger partial charge in [0.15, 0.2) is 0 Å². The minimum atomic E-state index is -0.642. The molecule has 0 spiro atoms. The third kappa shape index (κ3) is 1.22. The molecule has 84 valence electrons. The van der Waals surface area contributed by atoms with Crippen molar-refractivity contribution in [3.63, 3.8) is 0 Å². The van der Waals surface area contributed by atoms with E-state index in [-0.39, 0.29) is 0 Å². The molecule has 2 aliphatic rings. The van der Waals surface area contributed by atoms with Crippen LogP contribution in [0.4, 0.5) is 0 Å². The highest BCUT2D eigenvalue weighted by Gasteiger charge is 2.46. The van der Waals surface area contributed by atoms with Crippen LogP contribution >= 0.6 is 0 Å². The van der Waals surface area contributed by atoms with Crippen molar-refractivity contribution < 1.29 is 9.90 Å². The van der Waals surface area contributed by atoms with E-state index in [0.29, 0.717) is 0 Å². The van der Waals surface area contributed by atoms with Gasteiger partial charge in [-0.05, 0) is 48.8 Å². The van der Waals surface area contributed by atoms with Crippen LogP contribution in [0, 0.1) is 0 Å². The predicted molar refractivity (Wildman–Crippen MR) is 61.6 cm³/mol. The summed E-state index contributed by atoms with van der Waals surface area (Å²) in [5, 5.41) is 9.39. The monoisotopic (exact) mass is 216 g/mol. The SMILES string of the molecule is O=C(O)C1(c2ccc3c(c2)CCC3)CCC1. The van der Waals surface area contributed by atoms with Gasteiger partial charge in [0, 0.05) is 0 Å². The van der Waals surface area contributed by atoms with Crippen molar-refractivity contribution in [1.29, 1.82) is 0 Å². The van der Waals surface area contributed by atoms with E-state index in [0.717, 1.165) is 37.7 Å². The third-order valence-electron chi connectivity index (χ3n) is 4.27. The molecule has 0 aliphatic heterocycles. The molecule has 0 unspecified atom stereocenters. The van der Waals surface area contributed by atoms with Gasteiger partial charge < -0.3 is 5.11 Å². The zero-order chi connectivity index (χ0) is 11.2. The number of benzene rings is 1. The topological polar surface area (TPSA) is 37.3 Å². The van der Waals surface area contributed by atoms with Gasteiger partial charge in [-0.25, -0.2) is 0 Å². The van der Waals surface area contributed by atoms with Crippen molar-refractivity contribution in [2.75, 3.05) is 0 Å². The maximum absolute atomic E-state index is 11.4. The largest absolute Gasteiger partial charge is 0.481 e. The molecule has 1 aromatic carbocycles. The summed E-state index contributed by atoms with van der Waals surface area (Å²) >= 11 is 0. The second-order valence-corrected chi connectivity index (χ2v) is 5.08. The standard InChI is InChI=1S/C14H16O2/c15-13(16)14(7-2-8-14)12-6-5-10-3-1-4-11(10)9-12/h5-6,9H,1-4,7-8H2,(H,15,16). The number of hydrogen-bond donors (Lipinski definition) is 1. The summed E-state index contributed by atoms with van der Waals surface area (Å²) in [6.45, 7) is 0. The number of carbonyl (C=O) groups is 1. The Morgan fingerprint density at radius 2 is 1.88 bits per heavy atom. The highest BCUT2D eigenvalue weighted by molar-refractivity contribution is 5.82. The van der Waals surface area contributed by atoms with Crippen molar-refractivity contribution in [2.24, 2.45) is 0 Å². The molecule has 0 atom stereocenters. The molecular weight excluding hydrogens is 200 g/mol. The summed E-state index contributed by atoms with van der Waals surface area (Å²) in [5.41, 5.74) is 3.28. The van der Waals surface area contributed by atoms with E-state index in [2.05, 4.69) is 12.1 Å². The summed E-state index contributed by atoms with van der Waals surface area (Å²) in [5.74, 6) is -0.642. The van der Waals surface area contributed by atoms with Gasteiger partial charge in [0.25, 0.3) is 0 Å². The van der Waals surface area contributed by atoms with E-state index in [1.54, 1.807) is 0 Å². The lowest BCUT2D eigenvalue weighted by atomic mass is 9.64. The number of fused-ring (bicyclic) bond motifs is 1. The van der Waals surface area contributed by atoms with Gasteiger partial charge in [-0.3, -0.25) is 4.79 Å². The van der Waals surface area contributed by atoms with Crippen LogP contribution in [-0.2, 0) is 23.1 Å². The lowest BCUT2D eigenvalue weighted by molar-refractivity contribution is -0.147. The van der Waals surface area contributed by atoms with Gasteiger partial charge in [-0.2, -0.15) is 0 Å². The van der Waals surface area contributed by atoms with E-state index in [9.17, 15) is 9.90 Å². The van der Waals surface area contributed by atoms with Gasteiger partial charge in [-0.1, -0.05) is 24.6 Å². The molecule has 16 heavy (non-hydrogen) atoms. The van der Waals surface area contributed by atoms with Crippen LogP contribution in [0.2, 0.25) is 0 Å². The summed E-state index contributed by atoms with van der Waals surface area (Å²) in [6, 6.07) is 6.33. The van der Waals surface area contributed by atoms with E-state index in [4.69, 9.17) is 0 Å². The van der Waals surface area contributed by atoms with Crippen LogP contribution in [0.3, 0.4) is 0 Å². The second-order valence-electron chi connectivity index (χ2n) is 5.08. The number of hydrogen-bond acceptors (Lipinski definition) is 1. The normalized spacial score (nSPS) is 21.2. The number of aryl methyl sites for hydroxylation is 2. The molecule has 2 nitrogen and oxygen atoms in total. The Balaban J connectivity index is 2.03. The van der Waals surface area contributed by atoms with Gasteiger partial charge in [0.05, 0.1) is 5.41 Å². The molecule has 0 radical (unpaired) electrons. The molecule has 1 aromatic rings. The van der Waals surface area contributed by atoms with Crippen LogP contribution < -0.4 is 0 Å². The first-order chi connectivity index (χ1) is 7.72. The maximum atomic E-state index is 11.4. The smallest absolute Gasteiger partial charge is 0.314 e. The maximum Gasteiger partial charge on any atom is 0.314 e. The Kier molecular flexibility index (Phi) is 2.06. The fraction of sp³-hybridized carbons (Fsp3) is 0.500. The van der Waals surface area contributed by atoms with Crippen molar-refractivity contribution in [2.45, 2.75) is 43.9 Å². The van der Waals surface area contributed by atoms with Crippen LogP contribution in [0.25, 0.3) is 0 Å². The van der Waals surface area contributed by atoms with Gasteiger partial charge in [0.2, 0.25) is 0 Å². The minimum absolute atomic E-state index is 0.558. The van der Waals surface area contributed by atoms with Crippen molar-refractivity contribution in [3.8, 4) is 0 Å². The Morgan fingerprint density at radius 1 is 1.12 bits per heavy atom. The molecular formula is C14H16O2. The number of aliphatic carboxylic acids is 1. The Morgan fingerprint density at radius 3 is 2.50 bits per heavy atom. The Labute approximate surface area is 95.3 Å². The number of rotatable bonds is 2. The molecule has 2 aliphatic carbocycles. The van der Waals surface area contributed by atoms with Crippen molar-refractivity contribution in [3.05, 3.63) is 34.9 Å². The molecule has 0 bridgehead atoms. The lowest BCUT2D eigenvalue weighted by Crippen LogP contribution is -2.42. The lowest BCUT2D eigenvalue weighted by Gasteiger charge is -2.38. The quantitative estimate of drug-likeness (QED) is 0.825. The first-order valence-corrected chi connectivity index (χ1v) is 6.08. The van der Waals surface area contributed by atoms with Gasteiger partial charge in [0.1, 0.15) is 0 Å². The van der Waals surface area contributed by atoms with Crippen LogP contribution in [0.1, 0.15) is 42.4 Å². The zero-order valence-corrected chi connectivity index (χ0v) is 9.33. The zero-order valence-electron chi connectivity index (χ0n) is 9.33. The summed E-state index contributed by atoms with van der Waals surface area (Å²) < 4.78 is 0. The van der Waals surface area contributed by atoms with E-state index < -0.39 is 11.4 Å². The van der Waals surface area contributed by atoms with Crippen LogP contribution in [-0.4, -0.2) is 11.1 Å². The highest BCUT2D eigenvalue weighted by atomic mass is 16.4. The predicted octanol–water partition coefficient (Wildman–Crippen LogP) is 2.68. The highest BCUT2D eigenvalue weighted by Crippen LogP contribution is 2.44. The molecule has 0 aromatic heterocycles. The van der Waals surface area contributed by atoms with Gasteiger partial charge in [-0.15, -0.1) is 0 Å². The van der Waals surface area contributed by atoms with E-state index in [1.807, 2.05) is 6.07 Å². The first-order valence-electron chi connectivity index (χ1n) is 6.08. The molecule has 2 heteroatoms. The van der Waals surface area contributed by atoms with Crippen molar-refractivity contribution >= 4 is 5.97 Å². The Hall–Kier alpha value is -1.31. The molecule has 1 saturated carbocycles. The average molecular weight is 216 g/mol. The van der Waals surface area contributed by atoms with E-state index >= 15 is 0 Å². The molecule has 0 amide bonds. The summed E-state index contributed by atoms with van der Waals surface area (Å²) in [4.78, 5) is 11.4. The van der Waals surface area contributed by atoms with E-state index in [1.165, 1.54) is 17.5 Å². The molecule has 1 fully saturated rings. The third-order valence-corrected chi connectivity index (χ3v) is 4.27. The number of carboxylic acids is 1.